The van der Waals surface area contributed by atoms with Gasteiger partial charge in [0.2, 0.25) is 0 Å². The minimum Gasteiger partial charge on any atom is -0.480 e. The van der Waals surface area contributed by atoms with Crippen LogP contribution >= 0.6 is 11.3 Å². The van der Waals surface area contributed by atoms with Crippen LogP contribution in [0.2, 0.25) is 0 Å². The number of amides is 1. The summed E-state index contributed by atoms with van der Waals surface area (Å²) in [6.45, 7) is 1.35. The minimum absolute atomic E-state index is 0.0575. The number of carbonyl (C=O) groups excluding carboxylic acids is 1. The maximum atomic E-state index is 13.5. The lowest BCUT2D eigenvalue weighted by Crippen LogP contribution is -2.25. The predicted octanol–water partition coefficient (Wildman–Crippen LogP) is 4.25. The van der Waals surface area contributed by atoms with Gasteiger partial charge in [0.15, 0.2) is 4.80 Å². The Morgan fingerprint density at radius 2 is 1.89 bits per heavy atom. The minimum atomic E-state index is -4.62. The molecule has 0 aliphatic carbocycles. The van der Waals surface area contributed by atoms with Crippen molar-refractivity contribution in [2.75, 3.05) is 0 Å². The number of hydrogen-bond donors (Lipinski definition) is 1. The van der Waals surface area contributed by atoms with Gasteiger partial charge in [-0.2, -0.15) is 18.2 Å². The predicted molar refractivity (Wildman–Crippen MR) is 93.5 cm³/mol. The van der Waals surface area contributed by atoms with Gasteiger partial charge in [-0.25, -0.2) is 9.18 Å². The fourth-order valence-electron chi connectivity index (χ4n) is 2.56. The summed E-state index contributed by atoms with van der Waals surface area (Å²) >= 11 is 0.866. The SMILES string of the molecule is CC(C(=O)O)n1/c(=N/C(=O)c2cccc(C(F)(F)F)c2)sc2cc(F)ccc21. The Kier molecular flexibility index (Phi) is 5.07. The summed E-state index contributed by atoms with van der Waals surface area (Å²) in [6, 6.07) is 6.28. The van der Waals surface area contributed by atoms with Gasteiger partial charge in [0.1, 0.15) is 11.9 Å². The van der Waals surface area contributed by atoms with E-state index in [1.54, 1.807) is 0 Å². The number of aliphatic carboxylic acids is 1. The third-order valence-corrected chi connectivity index (χ3v) is 4.98. The van der Waals surface area contributed by atoms with Gasteiger partial charge in [0, 0.05) is 5.56 Å². The van der Waals surface area contributed by atoms with Crippen LogP contribution in [0.1, 0.15) is 28.9 Å². The molecule has 146 valence electrons. The summed E-state index contributed by atoms with van der Waals surface area (Å²) < 4.78 is 53.6. The van der Waals surface area contributed by atoms with Gasteiger partial charge in [0.05, 0.1) is 15.8 Å². The van der Waals surface area contributed by atoms with Crippen molar-refractivity contribution in [2.24, 2.45) is 4.99 Å². The fourth-order valence-corrected chi connectivity index (χ4v) is 3.68. The molecule has 0 fully saturated rings. The molecule has 0 saturated heterocycles. The molecule has 1 N–H and O–H groups in total. The molecule has 3 rings (SSSR count). The molecule has 0 spiro atoms. The number of fused-ring (bicyclic) bond motifs is 1. The van der Waals surface area contributed by atoms with Gasteiger partial charge < -0.3 is 9.67 Å². The summed E-state index contributed by atoms with van der Waals surface area (Å²) in [5.74, 6) is -2.74. The highest BCUT2D eigenvalue weighted by Crippen LogP contribution is 2.29. The van der Waals surface area contributed by atoms with E-state index in [1.165, 1.54) is 29.7 Å². The van der Waals surface area contributed by atoms with Crippen molar-refractivity contribution in [3.63, 3.8) is 0 Å². The molecule has 0 aliphatic rings. The maximum absolute atomic E-state index is 13.5. The highest BCUT2D eigenvalue weighted by Gasteiger charge is 2.31. The Balaban J connectivity index is 2.17. The summed E-state index contributed by atoms with van der Waals surface area (Å²) in [5, 5.41) is 9.33. The van der Waals surface area contributed by atoms with Crippen LogP contribution < -0.4 is 4.80 Å². The Morgan fingerprint density at radius 3 is 2.54 bits per heavy atom. The average molecular weight is 412 g/mol. The second kappa shape index (κ2) is 7.19. The number of carboxylic acid groups (broad SMARTS) is 1. The lowest BCUT2D eigenvalue weighted by molar-refractivity contribution is -0.140. The second-order valence-electron chi connectivity index (χ2n) is 5.88. The van der Waals surface area contributed by atoms with Crippen molar-refractivity contribution in [2.45, 2.75) is 19.1 Å². The van der Waals surface area contributed by atoms with Gasteiger partial charge in [-0.05, 0) is 43.3 Å². The van der Waals surface area contributed by atoms with E-state index in [0.29, 0.717) is 16.3 Å². The number of thiazole rings is 1. The molecule has 0 bridgehead atoms. The molecule has 10 heteroatoms. The van der Waals surface area contributed by atoms with Crippen LogP contribution in [-0.4, -0.2) is 21.6 Å². The first kappa shape index (κ1) is 19.7. The molecule has 1 amide bonds. The van der Waals surface area contributed by atoms with Crippen molar-refractivity contribution >= 4 is 33.4 Å². The lowest BCUT2D eigenvalue weighted by Gasteiger charge is -2.10. The van der Waals surface area contributed by atoms with Crippen molar-refractivity contribution in [3.05, 3.63) is 64.2 Å². The molecule has 0 saturated carbocycles. The number of hydrogen-bond acceptors (Lipinski definition) is 3. The Bertz CT molecular complexity index is 1150. The van der Waals surface area contributed by atoms with Crippen LogP contribution in [0.4, 0.5) is 17.6 Å². The van der Waals surface area contributed by atoms with Crippen molar-refractivity contribution in [1.29, 1.82) is 0 Å². The van der Waals surface area contributed by atoms with Crippen LogP contribution in [0.5, 0.6) is 0 Å². The van der Waals surface area contributed by atoms with Crippen molar-refractivity contribution in [1.82, 2.24) is 4.57 Å². The first-order valence-corrected chi connectivity index (χ1v) is 8.69. The molecule has 1 atom stereocenters. The molecular formula is C18H12F4N2O3S. The van der Waals surface area contributed by atoms with Crippen LogP contribution in [0.25, 0.3) is 10.2 Å². The first-order chi connectivity index (χ1) is 13.1. The van der Waals surface area contributed by atoms with Gasteiger partial charge in [0.25, 0.3) is 5.91 Å². The van der Waals surface area contributed by atoms with Gasteiger partial charge in [-0.1, -0.05) is 17.4 Å². The number of rotatable bonds is 3. The Labute approximate surface area is 159 Å². The van der Waals surface area contributed by atoms with E-state index in [0.717, 1.165) is 29.5 Å². The maximum Gasteiger partial charge on any atom is 0.416 e. The zero-order valence-corrected chi connectivity index (χ0v) is 15.0. The summed E-state index contributed by atoms with van der Waals surface area (Å²) in [7, 11) is 0. The largest absolute Gasteiger partial charge is 0.480 e. The van der Waals surface area contributed by atoms with Crippen molar-refractivity contribution < 1.29 is 32.3 Å². The zero-order chi connectivity index (χ0) is 20.6. The molecule has 1 unspecified atom stereocenters. The van der Waals surface area contributed by atoms with Gasteiger partial charge >= 0.3 is 12.1 Å². The Morgan fingerprint density at radius 1 is 1.18 bits per heavy atom. The van der Waals surface area contributed by atoms with Crippen LogP contribution in [0, 0.1) is 5.82 Å². The van der Waals surface area contributed by atoms with E-state index < -0.39 is 35.5 Å². The molecule has 2 aromatic carbocycles. The number of carboxylic acids is 1. The number of alkyl halides is 3. The quantitative estimate of drug-likeness (QED) is 0.654. The third-order valence-electron chi connectivity index (χ3n) is 3.97. The van der Waals surface area contributed by atoms with Crippen LogP contribution in [0.15, 0.2) is 47.5 Å². The molecule has 0 aliphatic heterocycles. The Hall–Kier alpha value is -3.01. The second-order valence-corrected chi connectivity index (χ2v) is 6.89. The highest BCUT2D eigenvalue weighted by molar-refractivity contribution is 7.16. The molecule has 1 aromatic heterocycles. The van der Waals surface area contributed by atoms with E-state index >= 15 is 0 Å². The summed E-state index contributed by atoms with van der Waals surface area (Å²) in [6.07, 6.45) is -4.62. The van der Waals surface area contributed by atoms with E-state index in [1.807, 2.05) is 0 Å². The standard InChI is InChI=1S/C18H12F4N2O3S/c1-9(16(26)27)24-13-6-5-12(19)8-14(13)28-17(24)23-15(25)10-3-2-4-11(7-10)18(20,21)22/h2-9H,1H3,(H,26,27)/b23-17-. The topological polar surface area (TPSA) is 71.7 Å². The molecule has 5 nitrogen and oxygen atoms in total. The number of nitrogens with zero attached hydrogens (tertiary/aromatic N) is 2. The molecule has 3 aromatic rings. The molecule has 28 heavy (non-hydrogen) atoms. The number of halogens is 4. The smallest absolute Gasteiger partial charge is 0.416 e. The van der Waals surface area contributed by atoms with E-state index in [-0.39, 0.29) is 10.4 Å². The summed E-state index contributed by atoms with van der Waals surface area (Å²) in [4.78, 5) is 27.6. The van der Waals surface area contributed by atoms with Gasteiger partial charge in [-0.3, -0.25) is 4.79 Å². The summed E-state index contributed by atoms with van der Waals surface area (Å²) in [5.41, 5.74) is -0.955. The van der Waals surface area contributed by atoms with E-state index in [9.17, 15) is 32.3 Å². The van der Waals surface area contributed by atoms with Gasteiger partial charge in [-0.15, -0.1) is 0 Å². The van der Waals surface area contributed by atoms with Crippen LogP contribution in [-0.2, 0) is 11.0 Å². The highest BCUT2D eigenvalue weighted by atomic mass is 32.1. The monoisotopic (exact) mass is 412 g/mol. The molecular weight excluding hydrogens is 400 g/mol. The number of carbonyl (C=O) groups is 2. The molecule has 0 radical (unpaired) electrons. The zero-order valence-electron chi connectivity index (χ0n) is 14.2. The van der Waals surface area contributed by atoms with E-state index in [2.05, 4.69) is 4.99 Å². The molecule has 1 heterocycles. The number of aromatic nitrogens is 1. The van der Waals surface area contributed by atoms with E-state index in [4.69, 9.17) is 0 Å². The average Bonchev–Trinajstić information content (AvgIpc) is 2.96. The fraction of sp³-hybridized carbons (Fsp3) is 0.167. The first-order valence-electron chi connectivity index (χ1n) is 7.87. The number of benzene rings is 2. The normalized spacial score (nSPS) is 13.7. The lowest BCUT2D eigenvalue weighted by atomic mass is 10.1. The third kappa shape index (κ3) is 3.81. The van der Waals surface area contributed by atoms with Crippen molar-refractivity contribution in [3.8, 4) is 0 Å². The van der Waals surface area contributed by atoms with Crippen LogP contribution in [0.3, 0.4) is 0 Å².